The third-order valence-electron chi connectivity index (χ3n) is 3.35. The van der Waals surface area contributed by atoms with E-state index >= 15 is 0 Å². The van der Waals surface area contributed by atoms with E-state index in [4.69, 9.17) is 4.18 Å². The Hall–Kier alpha value is -1.49. The van der Waals surface area contributed by atoms with Gasteiger partial charge in [-0.25, -0.2) is 8.42 Å². The quantitative estimate of drug-likeness (QED) is 0.534. The molecule has 0 aliphatic carbocycles. The summed E-state index contributed by atoms with van der Waals surface area (Å²) < 4.78 is 58.3. The Morgan fingerprint density at radius 1 is 1.17 bits per heavy atom. The van der Waals surface area contributed by atoms with E-state index in [1.165, 1.54) is 12.1 Å². The molecule has 2 rings (SSSR count). The van der Waals surface area contributed by atoms with Crippen LogP contribution in [0.3, 0.4) is 0 Å². The first kappa shape index (κ1) is 17.9. The standard InChI is InChI=1S/C13H17NO7S2/c1-20-13(15)12-8-10(21-22(2,16)17)9-14(12)23(18,19)11-6-4-3-5-7-11/h3-7,10,12H,8-9H2,1-2H3/t10-,12-/m1/s1. The summed E-state index contributed by atoms with van der Waals surface area (Å²) in [6.07, 6.45) is -0.159. The highest BCUT2D eigenvalue weighted by molar-refractivity contribution is 7.89. The maximum Gasteiger partial charge on any atom is 0.324 e. The number of methoxy groups -OCH3 is 1. The number of carbonyl (C=O) groups is 1. The third-order valence-corrected chi connectivity index (χ3v) is 5.86. The molecular formula is C13H17NO7S2. The molecule has 8 nitrogen and oxygen atoms in total. The SMILES string of the molecule is COC(=O)[C@H]1C[C@@H](OS(C)(=O)=O)CN1S(=O)(=O)c1ccccc1. The average molecular weight is 363 g/mol. The van der Waals surface area contributed by atoms with Crippen LogP contribution in [0.4, 0.5) is 0 Å². The summed E-state index contributed by atoms with van der Waals surface area (Å²) >= 11 is 0. The van der Waals surface area contributed by atoms with Crippen LogP contribution in [0.15, 0.2) is 35.2 Å². The molecule has 2 atom stereocenters. The molecule has 0 bridgehead atoms. The maximum atomic E-state index is 12.7. The third kappa shape index (κ3) is 4.08. The number of rotatable bonds is 5. The molecule has 1 saturated heterocycles. The maximum absolute atomic E-state index is 12.7. The van der Waals surface area contributed by atoms with Gasteiger partial charge in [0.2, 0.25) is 10.0 Å². The van der Waals surface area contributed by atoms with Crippen LogP contribution < -0.4 is 0 Å². The number of carbonyl (C=O) groups excluding carboxylic acids is 1. The fourth-order valence-corrected chi connectivity index (χ4v) is 4.70. The summed E-state index contributed by atoms with van der Waals surface area (Å²) in [5.41, 5.74) is 0. The smallest absolute Gasteiger partial charge is 0.324 e. The number of hydrogen-bond donors (Lipinski definition) is 0. The molecule has 1 aromatic rings. The summed E-state index contributed by atoms with van der Waals surface area (Å²) in [6.45, 7) is -0.246. The van der Waals surface area contributed by atoms with Gasteiger partial charge >= 0.3 is 5.97 Å². The fraction of sp³-hybridized carbons (Fsp3) is 0.462. The Kier molecular flexibility index (Phi) is 5.09. The molecule has 1 heterocycles. The number of ether oxygens (including phenoxy) is 1. The number of hydrogen-bond acceptors (Lipinski definition) is 7. The zero-order chi connectivity index (χ0) is 17.3. The lowest BCUT2D eigenvalue weighted by atomic mass is 10.2. The largest absolute Gasteiger partial charge is 0.468 e. The second-order valence-electron chi connectivity index (χ2n) is 5.08. The van der Waals surface area contributed by atoms with Gasteiger partial charge in [0.25, 0.3) is 10.1 Å². The van der Waals surface area contributed by atoms with Crippen molar-refractivity contribution < 1.29 is 30.6 Å². The number of sulfonamides is 1. The second-order valence-corrected chi connectivity index (χ2v) is 8.58. The van der Waals surface area contributed by atoms with E-state index < -0.39 is 38.3 Å². The Bertz CT molecular complexity index is 774. The second kappa shape index (κ2) is 6.56. The number of benzene rings is 1. The molecule has 0 N–H and O–H groups in total. The Morgan fingerprint density at radius 3 is 2.30 bits per heavy atom. The molecular weight excluding hydrogens is 346 g/mol. The zero-order valence-electron chi connectivity index (χ0n) is 12.6. The molecule has 0 aromatic heterocycles. The van der Waals surface area contributed by atoms with Crippen LogP contribution in [-0.4, -0.2) is 59.2 Å². The highest BCUT2D eigenvalue weighted by atomic mass is 32.2. The van der Waals surface area contributed by atoms with E-state index in [0.29, 0.717) is 0 Å². The molecule has 1 fully saturated rings. The summed E-state index contributed by atoms with van der Waals surface area (Å²) in [4.78, 5) is 11.9. The van der Waals surface area contributed by atoms with Gasteiger partial charge in [0.15, 0.2) is 0 Å². The molecule has 0 saturated carbocycles. The van der Waals surface area contributed by atoms with Crippen LogP contribution in [0.2, 0.25) is 0 Å². The first-order chi connectivity index (χ1) is 10.6. The Balaban J connectivity index is 2.35. The highest BCUT2D eigenvalue weighted by Crippen LogP contribution is 2.29. The van der Waals surface area contributed by atoms with Crippen molar-refractivity contribution in [3.8, 4) is 0 Å². The van der Waals surface area contributed by atoms with Gasteiger partial charge in [-0.2, -0.15) is 12.7 Å². The molecule has 0 spiro atoms. The van der Waals surface area contributed by atoms with E-state index in [-0.39, 0.29) is 17.9 Å². The van der Waals surface area contributed by atoms with Crippen molar-refractivity contribution in [2.75, 3.05) is 19.9 Å². The van der Waals surface area contributed by atoms with Crippen LogP contribution in [0.1, 0.15) is 6.42 Å². The molecule has 10 heteroatoms. The van der Waals surface area contributed by atoms with E-state index in [1.54, 1.807) is 18.2 Å². The lowest BCUT2D eigenvalue weighted by Gasteiger charge is -2.21. The van der Waals surface area contributed by atoms with Crippen LogP contribution >= 0.6 is 0 Å². The lowest BCUT2D eigenvalue weighted by molar-refractivity contribution is -0.144. The minimum absolute atomic E-state index is 0.00825. The first-order valence-corrected chi connectivity index (χ1v) is 9.94. The lowest BCUT2D eigenvalue weighted by Crippen LogP contribution is -2.41. The van der Waals surface area contributed by atoms with Crippen molar-refractivity contribution in [2.24, 2.45) is 0 Å². The summed E-state index contributed by atoms with van der Waals surface area (Å²) in [6, 6.07) is 6.44. The number of esters is 1. The highest BCUT2D eigenvalue weighted by Gasteiger charge is 2.46. The van der Waals surface area contributed by atoms with Crippen molar-refractivity contribution in [3.63, 3.8) is 0 Å². The van der Waals surface area contributed by atoms with E-state index in [9.17, 15) is 21.6 Å². The van der Waals surface area contributed by atoms with Gasteiger partial charge in [-0.1, -0.05) is 18.2 Å². The van der Waals surface area contributed by atoms with Crippen molar-refractivity contribution in [1.29, 1.82) is 0 Å². The summed E-state index contributed by atoms with van der Waals surface area (Å²) in [5, 5.41) is 0. The molecule has 23 heavy (non-hydrogen) atoms. The predicted molar refractivity (Wildman–Crippen MR) is 80.5 cm³/mol. The molecule has 0 radical (unpaired) electrons. The van der Waals surface area contributed by atoms with Crippen LogP contribution in [-0.2, 0) is 33.9 Å². The molecule has 0 unspecified atom stereocenters. The minimum atomic E-state index is -3.97. The predicted octanol–water partition coefficient (Wildman–Crippen LogP) is -0.0326. The summed E-state index contributed by atoms with van der Waals surface area (Å²) in [5.74, 6) is -0.760. The topological polar surface area (TPSA) is 107 Å². The van der Waals surface area contributed by atoms with Gasteiger partial charge in [0.05, 0.1) is 24.4 Å². The van der Waals surface area contributed by atoms with Crippen molar-refractivity contribution in [3.05, 3.63) is 30.3 Å². The van der Waals surface area contributed by atoms with Gasteiger partial charge in [-0.05, 0) is 12.1 Å². The molecule has 1 aliphatic rings. The minimum Gasteiger partial charge on any atom is -0.468 e. The summed E-state index contributed by atoms with van der Waals surface area (Å²) in [7, 11) is -6.61. The molecule has 1 aromatic carbocycles. The monoisotopic (exact) mass is 363 g/mol. The van der Waals surface area contributed by atoms with Gasteiger partial charge < -0.3 is 4.74 Å². The molecule has 128 valence electrons. The van der Waals surface area contributed by atoms with Gasteiger partial charge in [-0.3, -0.25) is 8.98 Å². The van der Waals surface area contributed by atoms with Gasteiger partial charge in [0, 0.05) is 13.0 Å². The van der Waals surface area contributed by atoms with E-state index in [2.05, 4.69) is 4.74 Å². The first-order valence-electron chi connectivity index (χ1n) is 6.68. The van der Waals surface area contributed by atoms with Crippen molar-refractivity contribution >= 4 is 26.1 Å². The van der Waals surface area contributed by atoms with Gasteiger partial charge in [-0.15, -0.1) is 0 Å². The number of nitrogens with zero attached hydrogens (tertiary/aromatic N) is 1. The fourth-order valence-electron chi connectivity index (χ4n) is 2.43. The normalized spacial score (nSPS) is 22.9. The van der Waals surface area contributed by atoms with E-state index in [0.717, 1.165) is 17.7 Å². The van der Waals surface area contributed by atoms with Crippen molar-refractivity contribution in [2.45, 2.75) is 23.5 Å². The Labute approximate surface area is 135 Å². The molecule has 1 aliphatic heterocycles. The average Bonchev–Trinajstić information content (AvgIpc) is 2.90. The van der Waals surface area contributed by atoms with Crippen molar-refractivity contribution in [1.82, 2.24) is 4.31 Å². The van der Waals surface area contributed by atoms with Gasteiger partial charge in [0.1, 0.15) is 6.04 Å². The zero-order valence-corrected chi connectivity index (χ0v) is 14.2. The Morgan fingerprint density at radius 2 is 1.78 bits per heavy atom. The molecule has 0 amide bonds. The van der Waals surface area contributed by atoms with Crippen LogP contribution in [0, 0.1) is 0 Å². The van der Waals surface area contributed by atoms with Crippen LogP contribution in [0.5, 0.6) is 0 Å². The van der Waals surface area contributed by atoms with Crippen LogP contribution in [0.25, 0.3) is 0 Å². The van der Waals surface area contributed by atoms with E-state index in [1.807, 2.05) is 0 Å².